The van der Waals surface area contributed by atoms with Gasteiger partial charge in [0.15, 0.2) is 0 Å². The van der Waals surface area contributed by atoms with Crippen LogP contribution in [0.15, 0.2) is 12.3 Å². The molecule has 1 rings (SSSR count). The van der Waals surface area contributed by atoms with Gasteiger partial charge in [0.05, 0.1) is 18.2 Å². The molecular weight excluding hydrogens is 260 g/mol. The van der Waals surface area contributed by atoms with Crippen LogP contribution in [-0.2, 0) is 11.4 Å². The molecule has 1 heterocycles. The van der Waals surface area contributed by atoms with Crippen molar-refractivity contribution in [3.63, 3.8) is 0 Å². The lowest BCUT2D eigenvalue weighted by Crippen LogP contribution is -2.48. The lowest BCUT2D eigenvalue weighted by molar-refractivity contribution is -0.0960. The van der Waals surface area contributed by atoms with Crippen molar-refractivity contribution in [3.8, 4) is 0 Å². The van der Waals surface area contributed by atoms with Gasteiger partial charge in [0, 0.05) is 6.20 Å². The minimum Gasteiger partial charge on any atom is -0.391 e. The van der Waals surface area contributed by atoms with Crippen molar-refractivity contribution in [1.82, 2.24) is 15.4 Å². The first-order valence-corrected chi connectivity index (χ1v) is 6.42. The van der Waals surface area contributed by atoms with Crippen LogP contribution in [0, 0.1) is 0 Å². The molecule has 0 fully saturated rings. The molecule has 2 atom stereocenters. The van der Waals surface area contributed by atoms with Crippen molar-refractivity contribution in [2.24, 2.45) is 5.73 Å². The Morgan fingerprint density at radius 3 is 2.70 bits per heavy atom. The summed E-state index contributed by atoms with van der Waals surface area (Å²) in [5.41, 5.74) is 7.75. The van der Waals surface area contributed by atoms with Crippen LogP contribution in [0.25, 0.3) is 0 Å². The fourth-order valence-corrected chi connectivity index (χ4v) is 1.41. The van der Waals surface area contributed by atoms with Crippen LogP contribution in [0.5, 0.6) is 0 Å². The molecule has 0 aliphatic carbocycles. The fourth-order valence-electron chi connectivity index (χ4n) is 1.41. The zero-order chi connectivity index (χ0) is 15.3. The van der Waals surface area contributed by atoms with E-state index in [4.69, 9.17) is 10.6 Å². The van der Waals surface area contributed by atoms with Crippen molar-refractivity contribution in [2.75, 3.05) is 0 Å². The highest BCUT2D eigenvalue weighted by atomic mass is 16.7. The molecule has 0 saturated carbocycles. The SMILES string of the molecule is CC(O)C(NOC(C)(C)C)C(=O)c1ccnc(CN)n1. The maximum atomic E-state index is 12.3. The Kier molecular flexibility index (Phi) is 5.70. The summed E-state index contributed by atoms with van der Waals surface area (Å²) in [7, 11) is 0. The number of aliphatic hydroxyl groups is 1. The zero-order valence-electron chi connectivity index (χ0n) is 12.3. The van der Waals surface area contributed by atoms with Crippen LogP contribution < -0.4 is 11.2 Å². The summed E-state index contributed by atoms with van der Waals surface area (Å²) in [5.74, 6) is -0.00159. The van der Waals surface area contributed by atoms with Gasteiger partial charge in [-0.3, -0.25) is 9.63 Å². The molecule has 0 saturated heterocycles. The van der Waals surface area contributed by atoms with Gasteiger partial charge < -0.3 is 10.8 Å². The lowest BCUT2D eigenvalue weighted by Gasteiger charge is -2.25. The number of carbonyl (C=O) groups excluding carboxylic acids is 1. The molecule has 20 heavy (non-hydrogen) atoms. The van der Waals surface area contributed by atoms with Crippen molar-refractivity contribution >= 4 is 5.78 Å². The molecule has 1 aromatic heterocycles. The molecular formula is C13H22N4O3. The Balaban J connectivity index is 2.88. The molecule has 4 N–H and O–H groups in total. The Morgan fingerprint density at radius 2 is 2.20 bits per heavy atom. The van der Waals surface area contributed by atoms with Crippen molar-refractivity contribution in [1.29, 1.82) is 0 Å². The van der Waals surface area contributed by atoms with Crippen LogP contribution in [0.1, 0.15) is 44.0 Å². The number of nitrogens with zero attached hydrogens (tertiary/aromatic N) is 2. The third kappa shape index (κ3) is 4.93. The van der Waals surface area contributed by atoms with Gasteiger partial charge in [-0.05, 0) is 33.8 Å². The summed E-state index contributed by atoms with van der Waals surface area (Å²) in [6, 6.07) is 0.574. The highest BCUT2D eigenvalue weighted by Gasteiger charge is 2.28. The van der Waals surface area contributed by atoms with E-state index in [9.17, 15) is 9.90 Å². The molecule has 0 radical (unpaired) electrons. The van der Waals surface area contributed by atoms with Crippen LogP contribution >= 0.6 is 0 Å². The second kappa shape index (κ2) is 6.85. The molecule has 0 amide bonds. The van der Waals surface area contributed by atoms with E-state index in [0.717, 1.165) is 0 Å². The average Bonchev–Trinajstić information content (AvgIpc) is 2.37. The molecule has 0 aromatic carbocycles. The predicted molar refractivity (Wildman–Crippen MR) is 73.7 cm³/mol. The van der Waals surface area contributed by atoms with E-state index in [1.165, 1.54) is 19.2 Å². The summed E-state index contributed by atoms with van der Waals surface area (Å²) < 4.78 is 0. The molecule has 0 spiro atoms. The number of Topliss-reactive ketones (excluding diaryl/α,β-unsaturated/α-hetero) is 1. The van der Waals surface area contributed by atoms with Crippen LogP contribution in [-0.4, -0.2) is 38.6 Å². The molecule has 7 nitrogen and oxygen atoms in total. The van der Waals surface area contributed by atoms with Gasteiger partial charge in [-0.1, -0.05) is 0 Å². The minimum absolute atomic E-state index is 0.145. The lowest BCUT2D eigenvalue weighted by atomic mass is 10.1. The van der Waals surface area contributed by atoms with Gasteiger partial charge >= 0.3 is 0 Å². The third-order valence-corrected chi connectivity index (χ3v) is 2.40. The number of hydroxylamine groups is 1. The Bertz CT molecular complexity index is 457. The molecule has 0 aliphatic rings. The molecule has 1 aromatic rings. The second-order valence-corrected chi connectivity index (χ2v) is 5.48. The van der Waals surface area contributed by atoms with Crippen molar-refractivity contribution < 1.29 is 14.7 Å². The summed E-state index contributed by atoms with van der Waals surface area (Å²) in [5, 5.41) is 9.74. The van der Waals surface area contributed by atoms with E-state index >= 15 is 0 Å². The molecule has 112 valence electrons. The first-order valence-electron chi connectivity index (χ1n) is 6.42. The maximum absolute atomic E-state index is 12.3. The number of ketones is 1. The summed E-state index contributed by atoms with van der Waals surface area (Å²) in [6.45, 7) is 7.15. The normalized spacial score (nSPS) is 14.9. The second-order valence-electron chi connectivity index (χ2n) is 5.48. The number of aromatic nitrogens is 2. The quantitative estimate of drug-likeness (QED) is 0.504. The van der Waals surface area contributed by atoms with Crippen LogP contribution in [0.3, 0.4) is 0 Å². The Labute approximate surface area is 118 Å². The smallest absolute Gasteiger partial charge is 0.203 e. The topological polar surface area (TPSA) is 110 Å². The first-order chi connectivity index (χ1) is 9.24. The van der Waals surface area contributed by atoms with Crippen molar-refractivity contribution in [3.05, 3.63) is 23.8 Å². The first kappa shape index (κ1) is 16.6. The van der Waals surface area contributed by atoms with Gasteiger partial charge in [-0.2, -0.15) is 5.48 Å². The van der Waals surface area contributed by atoms with Crippen LogP contribution in [0.2, 0.25) is 0 Å². The van der Waals surface area contributed by atoms with Gasteiger partial charge in [0.2, 0.25) is 5.78 Å². The van der Waals surface area contributed by atoms with E-state index in [2.05, 4.69) is 15.4 Å². The number of hydrogen-bond donors (Lipinski definition) is 3. The third-order valence-electron chi connectivity index (χ3n) is 2.40. The van der Waals surface area contributed by atoms with E-state index in [1.54, 1.807) is 0 Å². The molecule has 7 heteroatoms. The Morgan fingerprint density at radius 1 is 1.55 bits per heavy atom. The average molecular weight is 282 g/mol. The summed E-state index contributed by atoms with van der Waals surface area (Å²) in [4.78, 5) is 25.7. The number of nitrogens with one attached hydrogen (secondary N) is 1. The highest BCUT2D eigenvalue weighted by molar-refractivity contribution is 5.98. The zero-order valence-corrected chi connectivity index (χ0v) is 12.3. The van der Waals surface area contributed by atoms with Gasteiger partial charge in [0.25, 0.3) is 0 Å². The van der Waals surface area contributed by atoms with E-state index in [0.29, 0.717) is 5.82 Å². The summed E-state index contributed by atoms with van der Waals surface area (Å²) >= 11 is 0. The standard InChI is InChI=1S/C13H22N4O3/c1-8(18)11(17-20-13(2,3)4)12(19)9-5-6-15-10(7-14)16-9/h5-6,8,11,17-18H,7,14H2,1-4H3. The summed E-state index contributed by atoms with van der Waals surface area (Å²) in [6.07, 6.45) is 0.535. The highest BCUT2D eigenvalue weighted by Crippen LogP contribution is 2.09. The Hall–Kier alpha value is -1.41. The van der Waals surface area contributed by atoms with Gasteiger partial charge in [-0.15, -0.1) is 0 Å². The number of aliphatic hydroxyl groups excluding tert-OH is 1. The van der Waals surface area contributed by atoms with E-state index in [-0.39, 0.29) is 18.0 Å². The predicted octanol–water partition coefficient (Wildman–Crippen LogP) is 0.187. The fraction of sp³-hybridized carbons (Fsp3) is 0.615. The number of hydrogen-bond acceptors (Lipinski definition) is 7. The monoisotopic (exact) mass is 282 g/mol. The van der Waals surface area contributed by atoms with E-state index < -0.39 is 17.7 Å². The molecule has 0 bridgehead atoms. The van der Waals surface area contributed by atoms with Gasteiger partial charge in [-0.25, -0.2) is 9.97 Å². The molecule has 0 aliphatic heterocycles. The van der Waals surface area contributed by atoms with E-state index in [1.807, 2.05) is 20.8 Å². The van der Waals surface area contributed by atoms with Crippen LogP contribution in [0.4, 0.5) is 0 Å². The number of carbonyl (C=O) groups is 1. The van der Waals surface area contributed by atoms with Crippen molar-refractivity contribution in [2.45, 2.75) is 52.0 Å². The number of rotatable bonds is 6. The number of nitrogens with two attached hydrogens (primary N) is 1. The maximum Gasteiger partial charge on any atom is 0.203 e. The largest absolute Gasteiger partial charge is 0.391 e. The molecule has 2 unspecified atom stereocenters. The minimum atomic E-state index is -0.929. The van der Waals surface area contributed by atoms with Gasteiger partial charge in [0.1, 0.15) is 17.6 Å².